The van der Waals surface area contributed by atoms with Gasteiger partial charge in [0.15, 0.2) is 0 Å². The summed E-state index contributed by atoms with van der Waals surface area (Å²) in [5.41, 5.74) is 0. The van der Waals surface area contributed by atoms with Gasteiger partial charge in [0.05, 0.1) is 12.5 Å². The van der Waals surface area contributed by atoms with Crippen molar-refractivity contribution in [2.45, 2.75) is 71.6 Å². The van der Waals surface area contributed by atoms with E-state index in [0.29, 0.717) is 6.42 Å². The van der Waals surface area contributed by atoms with E-state index in [2.05, 4.69) is 26.0 Å². The Hall–Kier alpha value is -0.770. The Kier molecular flexibility index (Phi) is 11.7. The molecule has 0 aliphatic carbocycles. The minimum Gasteiger partial charge on any atom is -0.198 e. The van der Waals surface area contributed by atoms with Crippen molar-refractivity contribution in [3.63, 3.8) is 0 Å². The van der Waals surface area contributed by atoms with Crippen LogP contribution >= 0.6 is 0 Å². The van der Waals surface area contributed by atoms with E-state index in [9.17, 15) is 0 Å². The predicted octanol–water partition coefficient (Wildman–Crippen LogP) is 5.23. The largest absolute Gasteiger partial charge is 0.198 e. The number of allylic oxidation sites excluding steroid dienone is 2. The zero-order valence-corrected chi connectivity index (χ0v) is 11.0. The van der Waals surface area contributed by atoms with Gasteiger partial charge < -0.3 is 0 Å². The number of hydrogen-bond donors (Lipinski definition) is 0. The second kappa shape index (κ2) is 12.3. The molecule has 0 saturated heterocycles. The van der Waals surface area contributed by atoms with Crippen LogP contribution in [-0.4, -0.2) is 0 Å². The summed E-state index contributed by atoms with van der Waals surface area (Å²) in [5.74, 6) is 0.911. The van der Waals surface area contributed by atoms with Gasteiger partial charge in [0.2, 0.25) is 0 Å². The van der Waals surface area contributed by atoms with Crippen LogP contribution in [0.5, 0.6) is 0 Å². The van der Waals surface area contributed by atoms with E-state index in [4.69, 9.17) is 5.26 Å². The molecule has 0 saturated carbocycles. The molecule has 0 aromatic carbocycles. The highest BCUT2D eigenvalue weighted by Gasteiger charge is 1.97. The molecule has 0 spiro atoms. The molecule has 0 aliphatic rings. The lowest BCUT2D eigenvalue weighted by atomic mass is 10.00. The van der Waals surface area contributed by atoms with Crippen LogP contribution in [0.3, 0.4) is 0 Å². The molecule has 0 aromatic heterocycles. The summed E-state index contributed by atoms with van der Waals surface area (Å²) < 4.78 is 0. The maximum Gasteiger partial charge on any atom is 0.0663 e. The lowest BCUT2D eigenvalue weighted by molar-refractivity contribution is 0.473. The van der Waals surface area contributed by atoms with E-state index in [-0.39, 0.29) is 0 Å². The molecule has 0 aromatic rings. The van der Waals surface area contributed by atoms with Gasteiger partial charge in [-0.3, -0.25) is 0 Å². The third-order valence-electron chi connectivity index (χ3n) is 3.14. The molecule has 1 heteroatoms. The van der Waals surface area contributed by atoms with Crippen LogP contribution in [0.25, 0.3) is 0 Å². The van der Waals surface area contributed by atoms with Gasteiger partial charge in [-0.15, -0.1) is 0 Å². The second-order valence-electron chi connectivity index (χ2n) is 4.69. The van der Waals surface area contributed by atoms with Crippen LogP contribution in [0.1, 0.15) is 71.6 Å². The van der Waals surface area contributed by atoms with Gasteiger partial charge in [-0.1, -0.05) is 64.5 Å². The first-order chi connectivity index (χ1) is 7.81. The third-order valence-corrected chi connectivity index (χ3v) is 3.14. The summed E-state index contributed by atoms with van der Waals surface area (Å²) in [6, 6.07) is 2.12. The van der Waals surface area contributed by atoms with Crippen LogP contribution in [0.4, 0.5) is 0 Å². The van der Waals surface area contributed by atoms with Gasteiger partial charge in [0.1, 0.15) is 0 Å². The van der Waals surface area contributed by atoms with Crippen molar-refractivity contribution in [1.82, 2.24) is 0 Å². The summed E-state index contributed by atoms with van der Waals surface area (Å²) in [5, 5.41) is 8.33. The van der Waals surface area contributed by atoms with Crippen LogP contribution in [0, 0.1) is 17.2 Å². The highest BCUT2D eigenvalue weighted by Crippen LogP contribution is 2.14. The van der Waals surface area contributed by atoms with Crippen molar-refractivity contribution >= 4 is 0 Å². The molecule has 0 amide bonds. The zero-order valence-electron chi connectivity index (χ0n) is 11.0. The van der Waals surface area contributed by atoms with E-state index in [1.807, 2.05) is 6.08 Å². The van der Waals surface area contributed by atoms with Gasteiger partial charge in [-0.2, -0.15) is 5.26 Å². The van der Waals surface area contributed by atoms with Gasteiger partial charge in [0, 0.05) is 0 Å². The lowest BCUT2D eigenvalue weighted by Gasteiger charge is -2.06. The molecule has 16 heavy (non-hydrogen) atoms. The fourth-order valence-corrected chi connectivity index (χ4v) is 1.74. The summed E-state index contributed by atoms with van der Waals surface area (Å²) in [4.78, 5) is 0. The Morgan fingerprint density at radius 3 is 2.44 bits per heavy atom. The number of rotatable bonds is 10. The maximum absolute atomic E-state index is 8.33. The molecular weight excluding hydrogens is 194 g/mol. The Bertz CT molecular complexity index is 200. The van der Waals surface area contributed by atoms with Gasteiger partial charge in [-0.25, -0.2) is 0 Å². The fourth-order valence-electron chi connectivity index (χ4n) is 1.74. The standard InChI is InChI=1S/C15H27N/c1-3-15(2)13-11-9-7-5-4-6-8-10-12-14-16/h8,10,15H,3-7,9,11-13H2,1-2H3/b10-8-/t15-/m0/s1. The van der Waals surface area contributed by atoms with Crippen molar-refractivity contribution in [3.05, 3.63) is 12.2 Å². The highest BCUT2D eigenvalue weighted by atomic mass is 14.2. The summed E-state index contributed by atoms with van der Waals surface area (Å²) in [7, 11) is 0. The molecule has 92 valence electrons. The van der Waals surface area contributed by atoms with E-state index in [0.717, 1.165) is 12.3 Å². The number of hydrogen-bond acceptors (Lipinski definition) is 1. The molecule has 0 aliphatic heterocycles. The van der Waals surface area contributed by atoms with Crippen LogP contribution in [0.15, 0.2) is 12.2 Å². The normalized spacial score (nSPS) is 12.8. The molecule has 0 unspecified atom stereocenters. The molecule has 1 atom stereocenters. The van der Waals surface area contributed by atoms with Gasteiger partial charge in [0.25, 0.3) is 0 Å². The first-order valence-corrected chi connectivity index (χ1v) is 6.83. The quantitative estimate of drug-likeness (QED) is 0.366. The Morgan fingerprint density at radius 2 is 1.75 bits per heavy atom. The van der Waals surface area contributed by atoms with Crippen molar-refractivity contribution in [1.29, 1.82) is 5.26 Å². The molecule has 0 rings (SSSR count). The Labute approximate surface area is 102 Å². The molecule has 1 nitrogen and oxygen atoms in total. The Balaban J connectivity index is 3.07. The average molecular weight is 221 g/mol. The molecule has 0 fully saturated rings. The molecule has 0 radical (unpaired) electrons. The molecule has 0 heterocycles. The van der Waals surface area contributed by atoms with Crippen molar-refractivity contribution in [2.24, 2.45) is 5.92 Å². The molecule has 0 bridgehead atoms. The number of nitrogens with zero attached hydrogens (tertiary/aromatic N) is 1. The SMILES string of the molecule is CC[C@H](C)CCCCCCC/C=C\CC#N. The van der Waals surface area contributed by atoms with E-state index in [1.54, 1.807) is 0 Å². The molecular formula is C15H27N. The van der Waals surface area contributed by atoms with Crippen LogP contribution in [0.2, 0.25) is 0 Å². The topological polar surface area (TPSA) is 23.8 Å². The summed E-state index contributed by atoms with van der Waals surface area (Å²) >= 11 is 0. The zero-order chi connectivity index (χ0) is 12.1. The van der Waals surface area contributed by atoms with E-state index < -0.39 is 0 Å². The van der Waals surface area contributed by atoms with Crippen molar-refractivity contribution in [3.8, 4) is 6.07 Å². The maximum atomic E-state index is 8.33. The summed E-state index contributed by atoms with van der Waals surface area (Å²) in [6.07, 6.45) is 15.4. The third kappa shape index (κ3) is 11.3. The minimum absolute atomic E-state index is 0.564. The predicted molar refractivity (Wildman–Crippen MR) is 71.1 cm³/mol. The smallest absolute Gasteiger partial charge is 0.0663 e. The highest BCUT2D eigenvalue weighted by molar-refractivity contribution is 4.90. The second-order valence-corrected chi connectivity index (χ2v) is 4.69. The fraction of sp³-hybridized carbons (Fsp3) is 0.800. The van der Waals surface area contributed by atoms with Crippen molar-refractivity contribution < 1.29 is 0 Å². The van der Waals surface area contributed by atoms with Gasteiger partial charge >= 0.3 is 0 Å². The van der Waals surface area contributed by atoms with E-state index >= 15 is 0 Å². The first kappa shape index (κ1) is 15.2. The summed E-state index contributed by atoms with van der Waals surface area (Å²) in [6.45, 7) is 4.62. The van der Waals surface area contributed by atoms with Gasteiger partial charge in [-0.05, 0) is 18.8 Å². The molecule has 0 N–H and O–H groups in total. The minimum atomic E-state index is 0.564. The van der Waals surface area contributed by atoms with Crippen LogP contribution in [-0.2, 0) is 0 Å². The number of unbranched alkanes of at least 4 members (excludes halogenated alkanes) is 5. The number of nitriles is 1. The van der Waals surface area contributed by atoms with E-state index in [1.165, 1.54) is 44.9 Å². The Morgan fingerprint density at radius 1 is 1.06 bits per heavy atom. The lowest BCUT2D eigenvalue weighted by Crippen LogP contribution is -1.91. The monoisotopic (exact) mass is 221 g/mol. The van der Waals surface area contributed by atoms with Crippen molar-refractivity contribution in [2.75, 3.05) is 0 Å². The first-order valence-electron chi connectivity index (χ1n) is 6.83. The van der Waals surface area contributed by atoms with Crippen LogP contribution < -0.4 is 0 Å². The average Bonchev–Trinajstić information content (AvgIpc) is 2.31.